The monoisotopic (exact) mass is 272 g/mol. The summed E-state index contributed by atoms with van der Waals surface area (Å²) >= 11 is 0. The van der Waals surface area contributed by atoms with E-state index in [1.165, 1.54) is 0 Å². The Morgan fingerprint density at radius 1 is 1.42 bits per heavy atom. The molecule has 1 aliphatic heterocycles. The Labute approximate surface area is 113 Å². The van der Waals surface area contributed by atoms with Gasteiger partial charge in [-0.2, -0.15) is 0 Å². The first-order valence-electron chi connectivity index (χ1n) is 6.58. The smallest absolute Gasteiger partial charge is 0.410 e. The highest BCUT2D eigenvalue weighted by Gasteiger charge is 2.36. The average molecular weight is 272 g/mol. The van der Waals surface area contributed by atoms with Crippen molar-refractivity contribution in [1.29, 1.82) is 0 Å². The normalized spacial score (nSPS) is 25.8. The van der Waals surface area contributed by atoms with Gasteiger partial charge in [-0.1, -0.05) is 6.92 Å². The van der Waals surface area contributed by atoms with Crippen LogP contribution in [0, 0.1) is 11.8 Å². The lowest BCUT2D eigenvalue weighted by atomic mass is 9.82. The van der Waals surface area contributed by atoms with E-state index in [-0.39, 0.29) is 17.9 Å². The molecule has 0 aliphatic carbocycles. The summed E-state index contributed by atoms with van der Waals surface area (Å²) in [5.74, 6) is -1.04. The van der Waals surface area contributed by atoms with E-state index >= 15 is 0 Å². The van der Waals surface area contributed by atoms with Gasteiger partial charge in [0.2, 0.25) is 0 Å². The molecular weight excluding hydrogens is 248 g/mol. The Morgan fingerprint density at radius 2 is 2.00 bits per heavy atom. The fraction of sp³-hybridized carbons (Fsp3) is 0.846. The summed E-state index contributed by atoms with van der Waals surface area (Å²) in [7, 11) is 0. The molecule has 1 amide bonds. The maximum Gasteiger partial charge on any atom is 0.410 e. The lowest BCUT2D eigenvalue weighted by molar-refractivity contribution is -0.140. The van der Waals surface area contributed by atoms with Gasteiger partial charge < -0.3 is 20.5 Å². The number of ether oxygens (including phenoxy) is 1. The molecule has 0 aromatic heterocycles. The summed E-state index contributed by atoms with van der Waals surface area (Å²) in [5.41, 5.74) is 5.15. The van der Waals surface area contributed by atoms with E-state index in [1.54, 1.807) is 4.90 Å². The molecule has 0 aromatic rings. The summed E-state index contributed by atoms with van der Waals surface area (Å²) in [5, 5.41) is 8.95. The second-order valence-corrected chi connectivity index (χ2v) is 6.22. The first-order chi connectivity index (χ1) is 8.61. The van der Waals surface area contributed by atoms with Gasteiger partial charge in [-0.05, 0) is 39.0 Å². The van der Waals surface area contributed by atoms with E-state index in [9.17, 15) is 9.59 Å². The zero-order valence-corrected chi connectivity index (χ0v) is 12.0. The maximum absolute atomic E-state index is 11.9. The predicted octanol–water partition coefficient (Wildman–Crippen LogP) is 1.29. The Kier molecular flexibility index (Phi) is 4.79. The molecule has 0 aromatic carbocycles. The first kappa shape index (κ1) is 15.8. The van der Waals surface area contributed by atoms with Gasteiger partial charge in [0.15, 0.2) is 0 Å². The van der Waals surface area contributed by atoms with E-state index in [1.807, 2.05) is 27.7 Å². The number of carbonyl (C=O) groups is 2. The van der Waals surface area contributed by atoms with Crippen LogP contribution in [0.2, 0.25) is 0 Å². The third kappa shape index (κ3) is 4.38. The van der Waals surface area contributed by atoms with Crippen LogP contribution in [0.4, 0.5) is 4.79 Å². The van der Waals surface area contributed by atoms with Gasteiger partial charge in [0.1, 0.15) is 11.6 Å². The predicted molar refractivity (Wildman–Crippen MR) is 70.7 cm³/mol. The van der Waals surface area contributed by atoms with Crippen molar-refractivity contribution in [2.24, 2.45) is 17.6 Å². The number of rotatable bonds is 2. The van der Waals surface area contributed by atoms with E-state index in [0.29, 0.717) is 19.5 Å². The molecule has 3 N–H and O–H groups in total. The molecule has 6 nitrogen and oxygen atoms in total. The summed E-state index contributed by atoms with van der Waals surface area (Å²) in [4.78, 5) is 24.5. The number of carboxylic acids is 1. The first-order valence-corrected chi connectivity index (χ1v) is 6.58. The van der Waals surface area contributed by atoms with Crippen molar-refractivity contribution in [3.05, 3.63) is 0 Å². The van der Waals surface area contributed by atoms with Crippen LogP contribution in [0.1, 0.15) is 34.1 Å². The molecule has 0 spiro atoms. The molecule has 3 atom stereocenters. The highest BCUT2D eigenvalue weighted by atomic mass is 16.6. The number of carboxylic acid groups (broad SMARTS) is 1. The minimum absolute atomic E-state index is 0.0485. The highest BCUT2D eigenvalue weighted by molar-refractivity contribution is 5.73. The topological polar surface area (TPSA) is 92.9 Å². The van der Waals surface area contributed by atoms with Gasteiger partial charge in [-0.25, -0.2) is 4.79 Å². The second-order valence-electron chi connectivity index (χ2n) is 6.22. The Balaban J connectivity index is 2.59. The van der Waals surface area contributed by atoms with Crippen molar-refractivity contribution in [3.8, 4) is 0 Å². The third-order valence-electron chi connectivity index (χ3n) is 3.37. The van der Waals surface area contributed by atoms with Crippen LogP contribution < -0.4 is 5.73 Å². The van der Waals surface area contributed by atoms with E-state index in [0.717, 1.165) is 0 Å². The number of aliphatic carboxylic acids is 1. The minimum atomic E-state index is -0.984. The molecule has 0 bridgehead atoms. The quantitative estimate of drug-likeness (QED) is 0.790. The number of hydrogen-bond acceptors (Lipinski definition) is 4. The van der Waals surface area contributed by atoms with E-state index < -0.39 is 17.6 Å². The fourth-order valence-corrected chi connectivity index (χ4v) is 2.37. The molecule has 6 heteroatoms. The Hall–Kier alpha value is -1.30. The van der Waals surface area contributed by atoms with Crippen LogP contribution in [0.5, 0.6) is 0 Å². The summed E-state index contributed by atoms with van der Waals surface area (Å²) in [6, 6.07) is -0.865. The molecule has 1 saturated heterocycles. The van der Waals surface area contributed by atoms with Gasteiger partial charge >= 0.3 is 12.1 Å². The number of carbonyl (C=O) groups excluding carboxylic acids is 1. The summed E-state index contributed by atoms with van der Waals surface area (Å²) in [6.07, 6.45) is 0.245. The van der Waals surface area contributed by atoms with E-state index in [2.05, 4.69) is 0 Å². The number of likely N-dealkylation sites (tertiary alicyclic amines) is 1. The van der Waals surface area contributed by atoms with Crippen LogP contribution in [-0.2, 0) is 9.53 Å². The standard InChI is InChI=1S/C13H24N2O4/c1-8-7-15(12(18)19-13(2,3)4)6-5-9(8)10(14)11(16)17/h8-10H,5-7,14H2,1-4H3,(H,16,17)/t8?,9?,10-/m0/s1. The number of amides is 1. The van der Waals surface area contributed by atoms with Gasteiger partial charge in [0.25, 0.3) is 0 Å². The molecule has 0 radical (unpaired) electrons. The molecule has 1 heterocycles. The van der Waals surface area contributed by atoms with Crippen molar-refractivity contribution in [1.82, 2.24) is 4.90 Å². The van der Waals surface area contributed by atoms with Gasteiger partial charge in [-0.3, -0.25) is 4.79 Å². The second kappa shape index (κ2) is 5.77. The number of hydrogen-bond donors (Lipinski definition) is 2. The van der Waals surface area contributed by atoms with Crippen molar-refractivity contribution in [3.63, 3.8) is 0 Å². The number of nitrogens with zero attached hydrogens (tertiary/aromatic N) is 1. The summed E-state index contributed by atoms with van der Waals surface area (Å²) in [6.45, 7) is 8.36. The van der Waals surface area contributed by atoms with Crippen molar-refractivity contribution in [2.45, 2.75) is 45.8 Å². The third-order valence-corrected chi connectivity index (χ3v) is 3.37. The molecule has 1 rings (SSSR count). The maximum atomic E-state index is 11.9. The lowest BCUT2D eigenvalue weighted by Crippen LogP contribution is -2.51. The van der Waals surface area contributed by atoms with Crippen LogP contribution in [0.15, 0.2) is 0 Å². The highest BCUT2D eigenvalue weighted by Crippen LogP contribution is 2.26. The lowest BCUT2D eigenvalue weighted by Gasteiger charge is -2.38. The Morgan fingerprint density at radius 3 is 2.42 bits per heavy atom. The fourth-order valence-electron chi connectivity index (χ4n) is 2.37. The van der Waals surface area contributed by atoms with Crippen LogP contribution in [-0.4, -0.2) is 46.8 Å². The van der Waals surface area contributed by atoms with Gasteiger partial charge in [0.05, 0.1) is 0 Å². The van der Waals surface area contributed by atoms with Crippen LogP contribution in [0.25, 0.3) is 0 Å². The van der Waals surface area contributed by atoms with Gasteiger partial charge in [0, 0.05) is 13.1 Å². The zero-order chi connectivity index (χ0) is 14.8. The largest absolute Gasteiger partial charge is 0.480 e. The summed E-state index contributed by atoms with van der Waals surface area (Å²) < 4.78 is 5.31. The molecule has 1 aliphatic rings. The Bertz CT molecular complexity index is 351. The molecular formula is C13H24N2O4. The molecule has 19 heavy (non-hydrogen) atoms. The average Bonchev–Trinajstić information content (AvgIpc) is 2.25. The SMILES string of the molecule is CC1CN(C(=O)OC(C)(C)C)CCC1[C@H](N)C(=O)O. The van der Waals surface area contributed by atoms with Crippen LogP contribution >= 0.6 is 0 Å². The number of nitrogens with two attached hydrogens (primary N) is 1. The minimum Gasteiger partial charge on any atom is -0.480 e. The van der Waals surface area contributed by atoms with Crippen molar-refractivity contribution >= 4 is 12.1 Å². The van der Waals surface area contributed by atoms with Crippen molar-refractivity contribution < 1.29 is 19.4 Å². The molecule has 0 saturated carbocycles. The zero-order valence-electron chi connectivity index (χ0n) is 12.0. The van der Waals surface area contributed by atoms with Gasteiger partial charge in [-0.15, -0.1) is 0 Å². The van der Waals surface area contributed by atoms with Crippen molar-refractivity contribution in [2.75, 3.05) is 13.1 Å². The van der Waals surface area contributed by atoms with Crippen LogP contribution in [0.3, 0.4) is 0 Å². The molecule has 110 valence electrons. The molecule has 1 fully saturated rings. The molecule has 2 unspecified atom stereocenters. The number of piperidine rings is 1. The van der Waals surface area contributed by atoms with E-state index in [4.69, 9.17) is 15.6 Å².